The molecule has 0 saturated heterocycles. The first-order valence-corrected chi connectivity index (χ1v) is 6.34. The molecular formula is C15H9ClN2O2. The molecule has 98 valence electrons. The molecule has 20 heavy (non-hydrogen) atoms. The number of benzene rings is 2. The number of nitrogens with zero attached hydrogens (tertiary/aromatic N) is 2. The summed E-state index contributed by atoms with van der Waals surface area (Å²) in [7, 11) is 0. The van der Waals surface area contributed by atoms with Crippen LogP contribution in [0.3, 0.4) is 0 Å². The molecule has 0 radical (unpaired) electrons. The molecule has 0 aliphatic carbocycles. The van der Waals surface area contributed by atoms with Crippen molar-refractivity contribution in [2.24, 2.45) is 0 Å². The highest BCUT2D eigenvalue weighted by Gasteiger charge is 2.11. The van der Waals surface area contributed by atoms with Gasteiger partial charge in [0.05, 0.1) is 23.7 Å². The van der Waals surface area contributed by atoms with Crippen LogP contribution in [0.15, 0.2) is 51.7 Å². The van der Waals surface area contributed by atoms with Crippen molar-refractivity contribution in [2.75, 3.05) is 0 Å². The molecule has 4 nitrogen and oxygen atoms in total. The first-order chi connectivity index (χ1) is 9.69. The third-order valence-corrected chi connectivity index (χ3v) is 3.33. The first kappa shape index (κ1) is 12.5. The molecule has 0 N–H and O–H groups in total. The highest BCUT2D eigenvalue weighted by atomic mass is 35.5. The van der Waals surface area contributed by atoms with Crippen LogP contribution in [0.5, 0.6) is 0 Å². The van der Waals surface area contributed by atoms with Crippen LogP contribution in [-0.2, 0) is 6.54 Å². The van der Waals surface area contributed by atoms with E-state index in [4.69, 9.17) is 21.3 Å². The van der Waals surface area contributed by atoms with Crippen molar-refractivity contribution in [3.63, 3.8) is 0 Å². The molecule has 5 heteroatoms. The highest BCUT2D eigenvalue weighted by Crippen LogP contribution is 2.19. The lowest BCUT2D eigenvalue weighted by Gasteiger charge is -2.04. The Balaban J connectivity index is 2.14. The van der Waals surface area contributed by atoms with E-state index in [2.05, 4.69) is 6.07 Å². The van der Waals surface area contributed by atoms with Gasteiger partial charge in [-0.1, -0.05) is 29.8 Å². The molecule has 1 heterocycles. The minimum Gasteiger partial charge on any atom is -0.408 e. The van der Waals surface area contributed by atoms with Gasteiger partial charge >= 0.3 is 5.76 Å². The highest BCUT2D eigenvalue weighted by molar-refractivity contribution is 6.31. The number of hydrogen-bond acceptors (Lipinski definition) is 3. The molecule has 2 aromatic carbocycles. The summed E-state index contributed by atoms with van der Waals surface area (Å²) in [5.41, 5.74) is 2.42. The van der Waals surface area contributed by atoms with E-state index in [0.717, 1.165) is 5.56 Å². The number of hydrogen-bond donors (Lipinski definition) is 0. The van der Waals surface area contributed by atoms with Crippen molar-refractivity contribution in [1.82, 2.24) is 4.57 Å². The second-order valence-electron chi connectivity index (χ2n) is 4.34. The molecule has 0 aliphatic heterocycles. The summed E-state index contributed by atoms with van der Waals surface area (Å²) in [6.45, 7) is 0.289. The van der Waals surface area contributed by atoms with Crippen molar-refractivity contribution >= 4 is 22.7 Å². The maximum atomic E-state index is 11.9. The number of rotatable bonds is 2. The molecular weight excluding hydrogens is 276 g/mol. The van der Waals surface area contributed by atoms with Gasteiger partial charge in [0.25, 0.3) is 0 Å². The molecule has 0 saturated carbocycles. The molecule has 0 spiro atoms. The third-order valence-electron chi connectivity index (χ3n) is 3.10. The Labute approximate surface area is 119 Å². The average molecular weight is 285 g/mol. The van der Waals surface area contributed by atoms with Crippen LogP contribution in [0, 0.1) is 11.3 Å². The second kappa shape index (κ2) is 4.87. The predicted octanol–water partition coefficient (Wildman–Crippen LogP) is 3.17. The molecule has 1 aromatic heterocycles. The summed E-state index contributed by atoms with van der Waals surface area (Å²) >= 11 is 5.87. The summed E-state index contributed by atoms with van der Waals surface area (Å²) in [4.78, 5) is 11.9. The Morgan fingerprint density at radius 1 is 1.25 bits per heavy atom. The van der Waals surface area contributed by atoms with Gasteiger partial charge in [0.15, 0.2) is 5.58 Å². The zero-order chi connectivity index (χ0) is 14.1. The predicted molar refractivity (Wildman–Crippen MR) is 75.7 cm³/mol. The van der Waals surface area contributed by atoms with E-state index in [-0.39, 0.29) is 6.54 Å². The van der Waals surface area contributed by atoms with Crippen LogP contribution in [0.25, 0.3) is 11.1 Å². The number of nitriles is 1. The maximum absolute atomic E-state index is 11.9. The zero-order valence-electron chi connectivity index (χ0n) is 10.3. The van der Waals surface area contributed by atoms with Crippen molar-refractivity contribution < 1.29 is 4.42 Å². The fourth-order valence-corrected chi connectivity index (χ4v) is 2.29. The molecule has 0 bridgehead atoms. The van der Waals surface area contributed by atoms with Gasteiger partial charge in [-0.15, -0.1) is 0 Å². The fourth-order valence-electron chi connectivity index (χ4n) is 2.13. The van der Waals surface area contributed by atoms with Gasteiger partial charge in [-0.25, -0.2) is 4.79 Å². The average Bonchev–Trinajstić information content (AvgIpc) is 2.75. The largest absolute Gasteiger partial charge is 0.420 e. The number of fused-ring (bicyclic) bond motifs is 1. The molecule has 0 fully saturated rings. The van der Waals surface area contributed by atoms with E-state index < -0.39 is 5.76 Å². The lowest BCUT2D eigenvalue weighted by atomic mass is 10.1. The minimum atomic E-state index is -0.463. The lowest BCUT2D eigenvalue weighted by Crippen LogP contribution is -2.15. The Morgan fingerprint density at radius 2 is 2.05 bits per heavy atom. The van der Waals surface area contributed by atoms with Crippen LogP contribution in [0.2, 0.25) is 5.02 Å². The number of oxazole rings is 1. The zero-order valence-corrected chi connectivity index (χ0v) is 11.1. The van der Waals surface area contributed by atoms with Crippen LogP contribution >= 0.6 is 11.6 Å². The van der Waals surface area contributed by atoms with Gasteiger partial charge in [-0.05, 0) is 23.8 Å². The van der Waals surface area contributed by atoms with Gasteiger partial charge in [0, 0.05) is 11.1 Å². The number of aromatic nitrogens is 1. The quantitative estimate of drug-likeness (QED) is 0.726. The van der Waals surface area contributed by atoms with E-state index in [1.165, 1.54) is 4.57 Å². The van der Waals surface area contributed by atoms with E-state index in [1.54, 1.807) is 30.3 Å². The first-order valence-electron chi connectivity index (χ1n) is 5.96. The van der Waals surface area contributed by atoms with Crippen LogP contribution in [-0.4, -0.2) is 4.57 Å². The number of halogens is 1. The monoisotopic (exact) mass is 284 g/mol. The van der Waals surface area contributed by atoms with Gasteiger partial charge in [0.2, 0.25) is 0 Å². The summed E-state index contributed by atoms with van der Waals surface area (Å²) in [6.07, 6.45) is 0. The minimum absolute atomic E-state index is 0.289. The van der Waals surface area contributed by atoms with Gasteiger partial charge in [-0.2, -0.15) is 5.26 Å². The second-order valence-corrected chi connectivity index (χ2v) is 4.77. The summed E-state index contributed by atoms with van der Waals surface area (Å²) in [6, 6.07) is 14.3. The van der Waals surface area contributed by atoms with E-state index in [9.17, 15) is 4.79 Å². The molecule has 3 aromatic rings. The normalized spacial score (nSPS) is 10.6. The summed E-state index contributed by atoms with van der Waals surface area (Å²) in [5.74, 6) is -0.463. The van der Waals surface area contributed by atoms with Crippen LogP contribution in [0.4, 0.5) is 0 Å². The Bertz CT molecular complexity index is 887. The topological polar surface area (TPSA) is 58.9 Å². The van der Waals surface area contributed by atoms with E-state index in [0.29, 0.717) is 21.7 Å². The third kappa shape index (κ3) is 2.09. The van der Waals surface area contributed by atoms with Crippen LogP contribution < -0.4 is 5.76 Å². The standard InChI is InChI=1S/C15H9ClN2O2/c16-12-5-6-13-14(7-12)20-15(19)18(13)9-11-4-2-1-3-10(11)8-17/h1-7H,9H2. The van der Waals surface area contributed by atoms with Crippen LogP contribution in [0.1, 0.15) is 11.1 Å². The molecule has 3 rings (SSSR count). The van der Waals surface area contributed by atoms with Gasteiger partial charge in [0.1, 0.15) is 0 Å². The lowest BCUT2D eigenvalue weighted by molar-refractivity contribution is 0.517. The SMILES string of the molecule is N#Cc1ccccc1Cn1c(=O)oc2cc(Cl)ccc21. The molecule has 0 unspecified atom stereocenters. The van der Waals surface area contributed by atoms with Crippen molar-refractivity contribution in [1.29, 1.82) is 5.26 Å². The Hall–Kier alpha value is -2.51. The van der Waals surface area contributed by atoms with E-state index in [1.807, 2.05) is 12.1 Å². The van der Waals surface area contributed by atoms with Crippen molar-refractivity contribution in [3.05, 3.63) is 69.2 Å². The van der Waals surface area contributed by atoms with Gasteiger partial charge in [-0.3, -0.25) is 4.57 Å². The Morgan fingerprint density at radius 3 is 2.85 bits per heavy atom. The summed E-state index contributed by atoms with van der Waals surface area (Å²) in [5, 5.41) is 9.60. The Kier molecular flexibility index (Phi) is 3.05. The van der Waals surface area contributed by atoms with Gasteiger partial charge < -0.3 is 4.42 Å². The molecule has 0 amide bonds. The van der Waals surface area contributed by atoms with Crippen molar-refractivity contribution in [2.45, 2.75) is 6.54 Å². The van der Waals surface area contributed by atoms with E-state index >= 15 is 0 Å². The molecule has 0 atom stereocenters. The fraction of sp³-hybridized carbons (Fsp3) is 0.0667. The summed E-state index contributed by atoms with van der Waals surface area (Å²) < 4.78 is 6.65. The molecule has 0 aliphatic rings. The smallest absolute Gasteiger partial charge is 0.408 e. The maximum Gasteiger partial charge on any atom is 0.420 e. The van der Waals surface area contributed by atoms with Crippen molar-refractivity contribution in [3.8, 4) is 6.07 Å².